The lowest BCUT2D eigenvalue weighted by atomic mass is 9.92. The van der Waals surface area contributed by atoms with Crippen LogP contribution in [-0.4, -0.2) is 27.2 Å². The molecule has 0 aliphatic rings. The van der Waals surface area contributed by atoms with Crippen LogP contribution in [0.2, 0.25) is 0 Å². The van der Waals surface area contributed by atoms with Crippen LogP contribution in [0.5, 0.6) is 5.75 Å². The zero-order chi connectivity index (χ0) is 22.3. The minimum absolute atomic E-state index is 0.250. The minimum atomic E-state index is -2.68. The number of benzene rings is 2. The molecule has 0 saturated carbocycles. The molecular formula is C25H35O4P. The Hall–Kier alpha value is -1.87. The first kappa shape index (κ1) is 24.4. The lowest BCUT2D eigenvalue weighted by Gasteiger charge is -2.17. The highest BCUT2D eigenvalue weighted by molar-refractivity contribution is 7.61. The molecule has 30 heavy (non-hydrogen) atoms. The van der Waals surface area contributed by atoms with Gasteiger partial charge in [0.25, 0.3) is 0 Å². The van der Waals surface area contributed by atoms with Crippen LogP contribution in [0.4, 0.5) is 0 Å². The number of ether oxygens (including phenoxy) is 2. The summed E-state index contributed by atoms with van der Waals surface area (Å²) >= 11 is 0. The van der Waals surface area contributed by atoms with Crippen molar-refractivity contribution in [3.8, 4) is 5.75 Å². The van der Waals surface area contributed by atoms with Crippen LogP contribution < -0.4 is 4.74 Å². The maximum Gasteiger partial charge on any atom is 0.222 e. The zero-order valence-electron chi connectivity index (χ0n) is 19.3. The van der Waals surface area contributed by atoms with Crippen molar-refractivity contribution in [1.29, 1.82) is 0 Å². The molecule has 2 rings (SSSR count). The Morgan fingerprint density at radius 1 is 1.10 bits per heavy atom. The van der Waals surface area contributed by atoms with Gasteiger partial charge in [-0.1, -0.05) is 38.1 Å². The molecule has 0 saturated heterocycles. The number of hydrogen-bond acceptors (Lipinski definition) is 4. The van der Waals surface area contributed by atoms with Crippen molar-refractivity contribution in [2.45, 2.75) is 47.0 Å². The van der Waals surface area contributed by atoms with Crippen LogP contribution in [-0.2, 0) is 20.2 Å². The van der Waals surface area contributed by atoms with Gasteiger partial charge in [0.15, 0.2) is 6.79 Å². The predicted octanol–water partition coefficient (Wildman–Crippen LogP) is 6.92. The fourth-order valence-electron chi connectivity index (χ4n) is 3.54. The van der Waals surface area contributed by atoms with Crippen LogP contribution >= 0.6 is 7.37 Å². The third-order valence-electron chi connectivity index (χ3n) is 5.05. The molecule has 0 radical (unpaired) electrons. The summed E-state index contributed by atoms with van der Waals surface area (Å²) in [7, 11) is -1.06. The lowest BCUT2D eigenvalue weighted by molar-refractivity contribution is 0.0502. The highest BCUT2D eigenvalue weighted by Gasteiger charge is 2.13. The van der Waals surface area contributed by atoms with Gasteiger partial charge in [-0.25, -0.2) is 0 Å². The molecule has 2 aromatic carbocycles. The Morgan fingerprint density at radius 2 is 1.77 bits per heavy atom. The molecule has 0 fully saturated rings. The van der Waals surface area contributed by atoms with Crippen LogP contribution in [0.25, 0.3) is 6.08 Å². The van der Waals surface area contributed by atoms with Crippen molar-refractivity contribution in [2.24, 2.45) is 0 Å². The SMILES string of the molecule is CCOP(C)(=O)C=Cc1cc(C)c(Cc2ccc(OCOC)c(C(C)C)c2)c(C)c1. The van der Waals surface area contributed by atoms with E-state index in [1.165, 1.54) is 27.8 Å². The molecule has 2 aromatic rings. The molecule has 164 valence electrons. The van der Waals surface area contributed by atoms with Gasteiger partial charge >= 0.3 is 0 Å². The standard InChI is InChI=1S/C25H35O4P/c1-8-29-30(7,26)12-11-22-13-19(4)24(20(5)14-22)16-21-9-10-25(28-17-27-6)23(15-21)18(2)3/h9-15,18H,8,16-17H2,1-7H3. The number of methoxy groups -OCH3 is 1. The smallest absolute Gasteiger partial charge is 0.222 e. The largest absolute Gasteiger partial charge is 0.467 e. The molecule has 4 nitrogen and oxygen atoms in total. The van der Waals surface area contributed by atoms with Gasteiger partial charge in [-0.2, -0.15) is 0 Å². The van der Waals surface area contributed by atoms with Crippen molar-refractivity contribution < 1.29 is 18.6 Å². The first-order valence-corrected chi connectivity index (χ1v) is 12.6. The molecule has 0 heterocycles. The van der Waals surface area contributed by atoms with Gasteiger partial charge < -0.3 is 14.0 Å². The molecule has 0 N–H and O–H groups in total. The summed E-state index contributed by atoms with van der Waals surface area (Å²) in [6.45, 7) is 12.8. The van der Waals surface area contributed by atoms with Crippen LogP contribution in [0.3, 0.4) is 0 Å². The second kappa shape index (κ2) is 10.9. The molecule has 0 aliphatic carbocycles. The first-order chi connectivity index (χ1) is 14.2. The molecule has 5 heteroatoms. The normalized spacial score (nSPS) is 13.7. The third kappa shape index (κ3) is 6.84. The molecule has 0 bridgehead atoms. The van der Waals surface area contributed by atoms with Gasteiger partial charge in [0.2, 0.25) is 7.37 Å². The van der Waals surface area contributed by atoms with Gasteiger partial charge in [0.05, 0.1) is 6.61 Å². The third-order valence-corrected chi connectivity index (χ3v) is 6.51. The van der Waals surface area contributed by atoms with Gasteiger partial charge in [-0.3, -0.25) is 4.57 Å². The summed E-state index contributed by atoms with van der Waals surface area (Å²) in [5.74, 6) is 2.93. The quantitative estimate of drug-likeness (QED) is 0.303. The Balaban J connectivity index is 2.28. The maximum atomic E-state index is 12.3. The van der Waals surface area contributed by atoms with E-state index in [0.29, 0.717) is 12.5 Å². The topological polar surface area (TPSA) is 44.8 Å². The summed E-state index contributed by atoms with van der Waals surface area (Å²) in [6.07, 6.45) is 2.76. The van der Waals surface area contributed by atoms with Crippen LogP contribution in [0.15, 0.2) is 36.1 Å². The molecular weight excluding hydrogens is 395 g/mol. The second-order valence-electron chi connectivity index (χ2n) is 8.03. The monoisotopic (exact) mass is 430 g/mol. The molecule has 1 atom stereocenters. The van der Waals surface area contributed by atoms with Crippen molar-refractivity contribution >= 4 is 13.4 Å². The van der Waals surface area contributed by atoms with E-state index < -0.39 is 7.37 Å². The van der Waals surface area contributed by atoms with Crippen molar-refractivity contribution in [3.63, 3.8) is 0 Å². The van der Waals surface area contributed by atoms with Crippen molar-refractivity contribution in [3.05, 3.63) is 69.5 Å². The maximum absolute atomic E-state index is 12.3. The Bertz CT molecular complexity index is 908. The van der Waals surface area contributed by atoms with E-state index in [9.17, 15) is 4.57 Å². The summed E-state index contributed by atoms with van der Waals surface area (Å²) in [5, 5.41) is 0. The summed E-state index contributed by atoms with van der Waals surface area (Å²) in [4.78, 5) is 0. The highest BCUT2D eigenvalue weighted by Crippen LogP contribution is 2.44. The van der Waals surface area contributed by atoms with E-state index in [4.69, 9.17) is 14.0 Å². The van der Waals surface area contributed by atoms with Gasteiger partial charge in [0, 0.05) is 19.6 Å². The van der Waals surface area contributed by atoms with Gasteiger partial charge in [-0.05, 0) is 78.6 Å². The van der Waals surface area contributed by atoms with E-state index in [1.54, 1.807) is 19.6 Å². The Labute approximate surface area is 181 Å². The Kier molecular flexibility index (Phi) is 8.91. The first-order valence-electron chi connectivity index (χ1n) is 10.4. The second-order valence-corrected chi connectivity index (χ2v) is 10.4. The fraction of sp³-hybridized carbons (Fsp3) is 0.440. The van der Waals surface area contributed by atoms with Gasteiger partial charge in [-0.15, -0.1) is 0 Å². The average Bonchev–Trinajstić information content (AvgIpc) is 2.68. The average molecular weight is 431 g/mol. The van der Waals surface area contributed by atoms with E-state index >= 15 is 0 Å². The lowest BCUT2D eigenvalue weighted by Crippen LogP contribution is -2.04. The molecule has 0 aliphatic heterocycles. The zero-order valence-corrected chi connectivity index (χ0v) is 20.2. The van der Waals surface area contributed by atoms with Crippen molar-refractivity contribution in [2.75, 3.05) is 27.2 Å². The fourth-order valence-corrected chi connectivity index (χ4v) is 4.58. The number of aryl methyl sites for hydroxylation is 2. The molecule has 0 spiro atoms. The minimum Gasteiger partial charge on any atom is -0.467 e. The van der Waals surface area contributed by atoms with Crippen molar-refractivity contribution in [1.82, 2.24) is 0 Å². The molecule has 0 amide bonds. The van der Waals surface area contributed by atoms with E-state index in [2.05, 4.69) is 52.0 Å². The van der Waals surface area contributed by atoms with E-state index in [1.807, 2.05) is 19.1 Å². The number of rotatable bonds is 10. The van der Waals surface area contributed by atoms with Crippen LogP contribution in [0, 0.1) is 13.8 Å². The molecule has 1 unspecified atom stereocenters. The van der Waals surface area contributed by atoms with Crippen LogP contribution in [0.1, 0.15) is 60.1 Å². The predicted molar refractivity (Wildman–Crippen MR) is 126 cm³/mol. The highest BCUT2D eigenvalue weighted by atomic mass is 31.2. The van der Waals surface area contributed by atoms with E-state index in [0.717, 1.165) is 17.7 Å². The summed E-state index contributed by atoms with van der Waals surface area (Å²) in [6, 6.07) is 10.7. The number of hydrogen-bond donors (Lipinski definition) is 0. The van der Waals surface area contributed by atoms with E-state index in [-0.39, 0.29) is 6.79 Å². The summed E-state index contributed by atoms with van der Waals surface area (Å²) < 4.78 is 28.4. The summed E-state index contributed by atoms with van der Waals surface area (Å²) in [5.41, 5.74) is 7.26. The Morgan fingerprint density at radius 3 is 2.33 bits per heavy atom. The van der Waals surface area contributed by atoms with Gasteiger partial charge in [0.1, 0.15) is 5.75 Å². The molecule has 0 aromatic heterocycles.